The number of hydrogen-bond acceptors (Lipinski definition) is 3. The Morgan fingerprint density at radius 1 is 0.769 bits per heavy atom. The van der Waals surface area contributed by atoms with Gasteiger partial charge in [0.2, 0.25) is 0 Å². The zero-order chi connectivity index (χ0) is 28.0. The lowest BCUT2D eigenvalue weighted by Crippen LogP contribution is -2.49. The van der Waals surface area contributed by atoms with Crippen molar-refractivity contribution >= 4 is 11.7 Å². The zero-order valence-electron chi connectivity index (χ0n) is 23.1. The largest absolute Gasteiger partial charge is 0.336 e. The summed E-state index contributed by atoms with van der Waals surface area (Å²) in [6, 6.07) is 20.6. The van der Waals surface area contributed by atoms with Gasteiger partial charge in [0.05, 0.1) is 6.54 Å². The van der Waals surface area contributed by atoms with Crippen LogP contribution < -0.4 is 0 Å². The summed E-state index contributed by atoms with van der Waals surface area (Å²) in [5, 5.41) is 0. The SMILES string of the molecule is CC(C)(C)c1ccc(C(=O)N2CCN(CC(=O)CCCC(c3ccc(F)cc3)c3ccc(F)cc3)CC2)cc1. The normalized spacial score (nSPS) is 14.6. The monoisotopic (exact) mass is 532 g/mol. The van der Waals surface area contributed by atoms with E-state index >= 15 is 0 Å². The molecule has 1 fully saturated rings. The average Bonchev–Trinajstić information content (AvgIpc) is 2.92. The van der Waals surface area contributed by atoms with Crippen molar-refractivity contribution in [3.8, 4) is 0 Å². The quantitative estimate of drug-likeness (QED) is 0.312. The molecule has 3 aromatic rings. The number of ketones is 1. The third-order valence-corrected chi connectivity index (χ3v) is 7.55. The molecule has 0 aromatic heterocycles. The number of rotatable bonds is 9. The van der Waals surface area contributed by atoms with Crippen molar-refractivity contribution in [3.05, 3.63) is 107 Å². The van der Waals surface area contributed by atoms with E-state index in [1.807, 2.05) is 29.2 Å². The van der Waals surface area contributed by atoms with Gasteiger partial charge in [0.1, 0.15) is 17.4 Å². The number of piperazine rings is 1. The predicted molar refractivity (Wildman–Crippen MR) is 151 cm³/mol. The highest BCUT2D eigenvalue weighted by Gasteiger charge is 2.24. The number of nitrogens with zero attached hydrogens (tertiary/aromatic N) is 2. The van der Waals surface area contributed by atoms with Gasteiger partial charge in [-0.15, -0.1) is 0 Å². The van der Waals surface area contributed by atoms with Crippen molar-refractivity contribution in [2.24, 2.45) is 0 Å². The molecule has 0 bridgehead atoms. The van der Waals surface area contributed by atoms with Gasteiger partial charge in [0.25, 0.3) is 5.91 Å². The molecule has 0 N–H and O–H groups in total. The minimum atomic E-state index is -0.299. The molecule has 0 atom stereocenters. The summed E-state index contributed by atoms with van der Waals surface area (Å²) in [6.45, 7) is 9.38. The van der Waals surface area contributed by atoms with Gasteiger partial charge in [0.15, 0.2) is 0 Å². The van der Waals surface area contributed by atoms with E-state index in [1.165, 1.54) is 29.8 Å². The summed E-state index contributed by atoms with van der Waals surface area (Å²) in [5.74, 6) is -0.427. The highest BCUT2D eigenvalue weighted by atomic mass is 19.1. The first-order chi connectivity index (χ1) is 18.6. The fourth-order valence-electron chi connectivity index (χ4n) is 5.15. The van der Waals surface area contributed by atoms with E-state index in [0.29, 0.717) is 57.5 Å². The summed E-state index contributed by atoms with van der Waals surface area (Å²) in [4.78, 5) is 29.7. The fourth-order valence-corrected chi connectivity index (χ4v) is 5.15. The standard InChI is InChI=1S/C33H38F2N2O2/c1-33(2,3)27-13-7-26(8-14-27)32(39)37-21-19-36(20-22-37)23-30(38)5-4-6-31(24-9-15-28(34)16-10-24)25-11-17-29(35)18-12-25/h7-18,31H,4-6,19-23H2,1-3H3. The summed E-state index contributed by atoms with van der Waals surface area (Å²) >= 11 is 0. The van der Waals surface area contributed by atoms with Crippen molar-refractivity contribution < 1.29 is 18.4 Å². The van der Waals surface area contributed by atoms with E-state index in [1.54, 1.807) is 24.3 Å². The molecule has 1 aliphatic rings. The Morgan fingerprint density at radius 3 is 1.77 bits per heavy atom. The van der Waals surface area contributed by atoms with E-state index in [-0.39, 0.29) is 34.7 Å². The molecule has 1 amide bonds. The van der Waals surface area contributed by atoms with Gasteiger partial charge >= 0.3 is 0 Å². The van der Waals surface area contributed by atoms with Gasteiger partial charge in [-0.25, -0.2) is 8.78 Å². The van der Waals surface area contributed by atoms with Crippen LogP contribution in [0.1, 0.15) is 73.0 Å². The van der Waals surface area contributed by atoms with Crippen molar-refractivity contribution in [2.45, 2.75) is 51.4 Å². The first-order valence-corrected chi connectivity index (χ1v) is 13.7. The summed E-state index contributed by atoms with van der Waals surface area (Å²) in [5.41, 5.74) is 3.84. The Kier molecular flexibility index (Phi) is 9.28. The number of hydrogen-bond donors (Lipinski definition) is 0. The van der Waals surface area contributed by atoms with Crippen LogP contribution in [0.25, 0.3) is 0 Å². The Hall–Kier alpha value is -3.38. The maximum atomic E-state index is 13.5. The van der Waals surface area contributed by atoms with Crippen LogP contribution in [0.3, 0.4) is 0 Å². The summed E-state index contributed by atoms with van der Waals surface area (Å²) in [6.07, 6.45) is 1.83. The highest BCUT2D eigenvalue weighted by molar-refractivity contribution is 5.94. The smallest absolute Gasteiger partial charge is 0.253 e. The molecule has 0 radical (unpaired) electrons. The zero-order valence-corrected chi connectivity index (χ0v) is 23.1. The van der Waals surface area contributed by atoms with Crippen LogP contribution in [0.2, 0.25) is 0 Å². The lowest BCUT2D eigenvalue weighted by Gasteiger charge is -2.34. The molecule has 3 aromatic carbocycles. The van der Waals surface area contributed by atoms with Crippen LogP contribution in [-0.2, 0) is 10.2 Å². The van der Waals surface area contributed by atoms with Gasteiger partial charge in [0, 0.05) is 44.1 Å². The molecule has 6 heteroatoms. The number of benzene rings is 3. The topological polar surface area (TPSA) is 40.6 Å². The molecule has 0 aliphatic carbocycles. The van der Waals surface area contributed by atoms with Crippen molar-refractivity contribution in [2.75, 3.05) is 32.7 Å². The molecule has 1 heterocycles. The molecule has 0 spiro atoms. The molecular weight excluding hydrogens is 494 g/mol. The second kappa shape index (κ2) is 12.6. The molecule has 0 saturated carbocycles. The number of amides is 1. The summed E-state index contributed by atoms with van der Waals surface area (Å²) in [7, 11) is 0. The minimum absolute atomic E-state index is 0.0361. The van der Waals surface area contributed by atoms with E-state index < -0.39 is 0 Å². The van der Waals surface area contributed by atoms with Crippen LogP contribution in [0.4, 0.5) is 8.78 Å². The van der Waals surface area contributed by atoms with E-state index in [9.17, 15) is 18.4 Å². The maximum Gasteiger partial charge on any atom is 0.253 e. The molecule has 39 heavy (non-hydrogen) atoms. The minimum Gasteiger partial charge on any atom is -0.336 e. The van der Waals surface area contributed by atoms with Gasteiger partial charge in [-0.1, -0.05) is 57.2 Å². The Labute approximate surface area is 230 Å². The van der Waals surface area contributed by atoms with Gasteiger partial charge in [-0.2, -0.15) is 0 Å². The first kappa shape index (κ1) is 28.6. The highest BCUT2D eigenvalue weighted by Crippen LogP contribution is 2.30. The number of Topliss-reactive ketones (excluding diaryl/α,β-unsaturated/α-hetero) is 1. The van der Waals surface area contributed by atoms with E-state index in [0.717, 1.165) is 11.1 Å². The third kappa shape index (κ3) is 7.82. The molecule has 4 nitrogen and oxygen atoms in total. The molecule has 1 saturated heterocycles. The Bertz CT molecular complexity index is 1200. The van der Waals surface area contributed by atoms with Crippen molar-refractivity contribution in [1.82, 2.24) is 9.80 Å². The lowest BCUT2D eigenvalue weighted by atomic mass is 9.86. The van der Waals surface area contributed by atoms with E-state index in [2.05, 4.69) is 25.7 Å². The van der Waals surface area contributed by atoms with Crippen LogP contribution in [0, 0.1) is 11.6 Å². The molecule has 206 valence electrons. The number of halogens is 2. The van der Waals surface area contributed by atoms with Crippen LogP contribution >= 0.6 is 0 Å². The van der Waals surface area contributed by atoms with Crippen LogP contribution in [0.5, 0.6) is 0 Å². The molecular formula is C33H38F2N2O2. The van der Waals surface area contributed by atoms with Crippen molar-refractivity contribution in [1.29, 1.82) is 0 Å². The molecule has 1 aliphatic heterocycles. The fraction of sp³-hybridized carbons (Fsp3) is 0.394. The van der Waals surface area contributed by atoms with E-state index in [4.69, 9.17) is 0 Å². The van der Waals surface area contributed by atoms with Crippen molar-refractivity contribution in [3.63, 3.8) is 0 Å². The van der Waals surface area contributed by atoms with Crippen LogP contribution in [-0.4, -0.2) is 54.2 Å². The number of carbonyl (C=O) groups is 2. The number of carbonyl (C=O) groups excluding carboxylic acids is 2. The van der Waals surface area contributed by atoms with Gasteiger partial charge < -0.3 is 4.90 Å². The third-order valence-electron chi connectivity index (χ3n) is 7.55. The second-order valence-corrected chi connectivity index (χ2v) is 11.5. The van der Waals surface area contributed by atoms with Crippen LogP contribution in [0.15, 0.2) is 72.8 Å². The lowest BCUT2D eigenvalue weighted by molar-refractivity contribution is -0.120. The summed E-state index contributed by atoms with van der Waals surface area (Å²) < 4.78 is 26.9. The first-order valence-electron chi connectivity index (χ1n) is 13.7. The van der Waals surface area contributed by atoms with Gasteiger partial charge in [-0.3, -0.25) is 14.5 Å². The molecule has 4 rings (SSSR count). The Balaban J connectivity index is 1.25. The Morgan fingerprint density at radius 2 is 1.28 bits per heavy atom. The maximum absolute atomic E-state index is 13.5. The molecule has 0 unspecified atom stereocenters. The average molecular weight is 533 g/mol. The van der Waals surface area contributed by atoms with Gasteiger partial charge in [-0.05, 0) is 71.3 Å². The predicted octanol–water partition coefficient (Wildman–Crippen LogP) is 6.59. The second-order valence-electron chi connectivity index (χ2n) is 11.5.